The van der Waals surface area contributed by atoms with E-state index in [-0.39, 0.29) is 0 Å². The fourth-order valence-corrected chi connectivity index (χ4v) is 2.74. The molecule has 1 N–H and O–H groups in total. The average molecular weight is 267 g/mol. The highest BCUT2D eigenvalue weighted by molar-refractivity contribution is 5.59. The highest BCUT2D eigenvalue weighted by Crippen LogP contribution is 2.34. The molecule has 2 atom stereocenters. The largest absolute Gasteiger partial charge is 0.493 e. The van der Waals surface area contributed by atoms with Crippen LogP contribution in [0.25, 0.3) is 0 Å². The first-order valence-corrected chi connectivity index (χ1v) is 7.30. The summed E-state index contributed by atoms with van der Waals surface area (Å²) in [5, 5.41) is 3.63. The molecule has 1 heterocycles. The summed E-state index contributed by atoms with van der Waals surface area (Å²) in [5.41, 5.74) is 3.81. The number of rotatable bonds is 3. The van der Waals surface area contributed by atoms with Gasteiger partial charge in [0.15, 0.2) is 0 Å². The minimum Gasteiger partial charge on any atom is -0.493 e. The molecule has 0 saturated heterocycles. The number of anilines is 1. The number of nitrogens with one attached hydrogen (secondary N) is 1. The van der Waals surface area contributed by atoms with E-state index in [4.69, 9.17) is 4.74 Å². The van der Waals surface area contributed by atoms with Gasteiger partial charge in [0.2, 0.25) is 0 Å². The van der Waals surface area contributed by atoms with Gasteiger partial charge in [0.1, 0.15) is 5.75 Å². The van der Waals surface area contributed by atoms with E-state index in [0.29, 0.717) is 12.0 Å². The summed E-state index contributed by atoms with van der Waals surface area (Å²) in [6, 6.07) is 17.1. The summed E-state index contributed by atoms with van der Waals surface area (Å²) in [6.45, 7) is 5.26. The third-order valence-corrected chi connectivity index (χ3v) is 3.88. The standard InChI is InChI=1S/C18H21NO/c1-13-11-16-17(9-6-10-18(16)20-12-13)19-14(2)15-7-4-3-5-8-15/h3-10,13-14,19H,11-12H2,1-2H3. The van der Waals surface area contributed by atoms with Crippen LogP contribution in [0.4, 0.5) is 5.69 Å². The zero-order chi connectivity index (χ0) is 13.9. The number of hydrogen-bond donors (Lipinski definition) is 1. The van der Waals surface area contributed by atoms with Crippen molar-refractivity contribution in [3.05, 3.63) is 59.7 Å². The molecule has 0 aromatic heterocycles. The molecule has 0 radical (unpaired) electrons. The Morgan fingerprint density at radius 2 is 1.90 bits per heavy atom. The lowest BCUT2D eigenvalue weighted by Crippen LogP contribution is -2.20. The molecular weight excluding hydrogens is 246 g/mol. The molecule has 2 aromatic rings. The summed E-state index contributed by atoms with van der Waals surface area (Å²) in [7, 11) is 0. The molecule has 2 aromatic carbocycles. The molecule has 0 bridgehead atoms. The van der Waals surface area contributed by atoms with Crippen molar-refractivity contribution < 1.29 is 4.74 Å². The Morgan fingerprint density at radius 1 is 1.10 bits per heavy atom. The van der Waals surface area contributed by atoms with Crippen LogP contribution < -0.4 is 10.1 Å². The lowest BCUT2D eigenvalue weighted by Gasteiger charge is -2.26. The van der Waals surface area contributed by atoms with Crippen LogP contribution in [0.2, 0.25) is 0 Å². The quantitative estimate of drug-likeness (QED) is 0.888. The molecule has 104 valence electrons. The van der Waals surface area contributed by atoms with Gasteiger partial charge in [0, 0.05) is 17.3 Å². The van der Waals surface area contributed by atoms with E-state index in [2.05, 4.69) is 67.7 Å². The average Bonchev–Trinajstić information content (AvgIpc) is 2.49. The Labute approximate surface area is 120 Å². The maximum atomic E-state index is 5.82. The molecule has 3 rings (SSSR count). The minimum atomic E-state index is 0.292. The highest BCUT2D eigenvalue weighted by atomic mass is 16.5. The maximum absolute atomic E-state index is 5.82. The fraction of sp³-hybridized carbons (Fsp3) is 0.333. The van der Waals surface area contributed by atoms with Crippen LogP contribution >= 0.6 is 0 Å². The molecule has 2 unspecified atom stereocenters. The third-order valence-electron chi connectivity index (χ3n) is 3.88. The van der Waals surface area contributed by atoms with Gasteiger partial charge >= 0.3 is 0 Å². The van der Waals surface area contributed by atoms with Gasteiger partial charge in [-0.25, -0.2) is 0 Å². The SMILES string of the molecule is CC1COc2cccc(NC(C)c3ccccc3)c2C1. The van der Waals surface area contributed by atoms with Gasteiger partial charge in [-0.3, -0.25) is 0 Å². The van der Waals surface area contributed by atoms with Crippen molar-refractivity contribution in [2.24, 2.45) is 5.92 Å². The highest BCUT2D eigenvalue weighted by Gasteiger charge is 2.19. The summed E-state index contributed by atoms with van der Waals surface area (Å²) in [4.78, 5) is 0. The molecule has 1 aliphatic heterocycles. The van der Waals surface area contributed by atoms with Crippen molar-refractivity contribution in [2.45, 2.75) is 26.3 Å². The summed E-state index contributed by atoms with van der Waals surface area (Å²) >= 11 is 0. The second kappa shape index (κ2) is 5.58. The molecule has 0 spiro atoms. The third kappa shape index (κ3) is 2.64. The Kier molecular flexibility index (Phi) is 3.64. The zero-order valence-corrected chi connectivity index (χ0v) is 12.1. The van der Waals surface area contributed by atoms with Crippen LogP contribution in [0.3, 0.4) is 0 Å². The van der Waals surface area contributed by atoms with E-state index in [0.717, 1.165) is 18.8 Å². The van der Waals surface area contributed by atoms with E-state index in [1.807, 2.05) is 0 Å². The van der Waals surface area contributed by atoms with Crippen molar-refractivity contribution in [1.82, 2.24) is 0 Å². The normalized spacial score (nSPS) is 18.8. The summed E-state index contributed by atoms with van der Waals surface area (Å²) in [6.07, 6.45) is 1.08. The van der Waals surface area contributed by atoms with E-state index >= 15 is 0 Å². The molecule has 2 nitrogen and oxygen atoms in total. The van der Waals surface area contributed by atoms with Crippen LogP contribution in [-0.4, -0.2) is 6.61 Å². The zero-order valence-electron chi connectivity index (χ0n) is 12.1. The monoisotopic (exact) mass is 267 g/mol. The number of benzene rings is 2. The molecule has 0 fully saturated rings. The molecule has 0 saturated carbocycles. The predicted octanol–water partition coefficient (Wildman–Crippen LogP) is 4.43. The van der Waals surface area contributed by atoms with Gasteiger partial charge in [-0.2, -0.15) is 0 Å². The first-order chi connectivity index (χ1) is 9.74. The van der Waals surface area contributed by atoms with Crippen LogP contribution in [0.1, 0.15) is 31.0 Å². The van der Waals surface area contributed by atoms with Crippen molar-refractivity contribution in [3.63, 3.8) is 0 Å². The Balaban J connectivity index is 1.85. The molecule has 20 heavy (non-hydrogen) atoms. The second-order valence-electron chi connectivity index (χ2n) is 5.68. The van der Waals surface area contributed by atoms with Gasteiger partial charge in [0.05, 0.1) is 6.61 Å². The number of hydrogen-bond acceptors (Lipinski definition) is 2. The number of fused-ring (bicyclic) bond motifs is 1. The Bertz CT molecular complexity index is 579. The van der Waals surface area contributed by atoms with Crippen molar-refractivity contribution in [3.8, 4) is 5.75 Å². The van der Waals surface area contributed by atoms with Gasteiger partial charge in [-0.15, -0.1) is 0 Å². The van der Waals surface area contributed by atoms with Gasteiger partial charge in [0.25, 0.3) is 0 Å². The lowest BCUT2D eigenvalue weighted by atomic mass is 9.96. The molecule has 2 heteroatoms. The van der Waals surface area contributed by atoms with Crippen molar-refractivity contribution in [2.75, 3.05) is 11.9 Å². The number of ether oxygens (including phenoxy) is 1. The molecule has 1 aliphatic rings. The van der Waals surface area contributed by atoms with E-state index in [1.165, 1.54) is 16.8 Å². The van der Waals surface area contributed by atoms with Crippen LogP contribution in [0, 0.1) is 5.92 Å². The second-order valence-corrected chi connectivity index (χ2v) is 5.68. The Morgan fingerprint density at radius 3 is 2.70 bits per heavy atom. The fourth-order valence-electron chi connectivity index (χ4n) is 2.74. The van der Waals surface area contributed by atoms with Gasteiger partial charge in [-0.1, -0.05) is 43.3 Å². The van der Waals surface area contributed by atoms with E-state index in [9.17, 15) is 0 Å². The maximum Gasteiger partial charge on any atom is 0.124 e. The summed E-state index contributed by atoms with van der Waals surface area (Å²) in [5.74, 6) is 1.62. The predicted molar refractivity (Wildman–Crippen MR) is 83.3 cm³/mol. The van der Waals surface area contributed by atoms with Crippen molar-refractivity contribution >= 4 is 5.69 Å². The van der Waals surface area contributed by atoms with Crippen LogP contribution in [-0.2, 0) is 6.42 Å². The summed E-state index contributed by atoms with van der Waals surface area (Å²) < 4.78 is 5.82. The molecule has 0 aliphatic carbocycles. The Hall–Kier alpha value is -1.96. The van der Waals surface area contributed by atoms with E-state index in [1.54, 1.807) is 0 Å². The first-order valence-electron chi connectivity index (χ1n) is 7.30. The molecular formula is C18H21NO. The van der Waals surface area contributed by atoms with Gasteiger partial charge < -0.3 is 10.1 Å². The first kappa shape index (κ1) is 13.0. The van der Waals surface area contributed by atoms with Crippen molar-refractivity contribution in [1.29, 1.82) is 0 Å². The van der Waals surface area contributed by atoms with E-state index < -0.39 is 0 Å². The topological polar surface area (TPSA) is 21.3 Å². The smallest absolute Gasteiger partial charge is 0.124 e. The van der Waals surface area contributed by atoms with Crippen LogP contribution in [0.5, 0.6) is 5.75 Å². The molecule has 0 amide bonds. The van der Waals surface area contributed by atoms with Gasteiger partial charge in [-0.05, 0) is 37.0 Å². The van der Waals surface area contributed by atoms with Crippen LogP contribution in [0.15, 0.2) is 48.5 Å². The lowest BCUT2D eigenvalue weighted by molar-refractivity contribution is 0.234. The minimum absolute atomic E-state index is 0.292.